The van der Waals surface area contributed by atoms with Crippen LogP contribution in [-0.2, 0) is 19.5 Å². The van der Waals surface area contributed by atoms with Gasteiger partial charge in [0.1, 0.15) is 6.34 Å². The van der Waals surface area contributed by atoms with Gasteiger partial charge in [-0.2, -0.15) is 0 Å². The first-order valence-corrected chi connectivity index (χ1v) is 1.50. The van der Waals surface area contributed by atoms with E-state index in [1.165, 1.54) is 0 Å². The molecule has 0 aromatic rings. The maximum absolute atomic E-state index is 3.74. The van der Waals surface area contributed by atoms with Gasteiger partial charge in [-0.05, 0) is 0 Å². The molecule has 0 N–H and O–H groups in total. The van der Waals surface area contributed by atoms with E-state index < -0.39 is 0 Å². The maximum atomic E-state index is 3.74. The van der Waals surface area contributed by atoms with Gasteiger partial charge in [-0.25, -0.2) is 4.99 Å². The second kappa shape index (κ2) is 3.16. The van der Waals surface area contributed by atoms with Crippen LogP contribution in [0.1, 0.15) is 0 Å². The van der Waals surface area contributed by atoms with Crippen LogP contribution < -0.4 is 0 Å². The molecule has 0 spiro atoms. The fourth-order valence-corrected chi connectivity index (χ4v) is 0.236. The molecule has 3 heteroatoms. The van der Waals surface area contributed by atoms with Gasteiger partial charge in [0, 0.05) is 25.7 Å². The largest absolute Gasteiger partial charge is 0.268 e. The van der Waals surface area contributed by atoms with Crippen LogP contribution in [0.4, 0.5) is 0 Å². The van der Waals surface area contributed by atoms with E-state index in [-0.39, 0.29) is 19.5 Å². The van der Waals surface area contributed by atoms with Crippen molar-refractivity contribution in [3.63, 3.8) is 0 Å². The third-order valence-corrected chi connectivity index (χ3v) is 0.441. The Morgan fingerprint density at radius 3 is 2.50 bits per heavy atom. The van der Waals surface area contributed by atoms with Crippen molar-refractivity contribution in [3.05, 3.63) is 0 Å². The van der Waals surface area contributed by atoms with E-state index in [0.29, 0.717) is 0 Å². The van der Waals surface area contributed by atoms with E-state index in [1.807, 2.05) is 0 Å². The number of hydrogen-bond acceptors (Lipinski definition) is 2. The van der Waals surface area contributed by atoms with Gasteiger partial charge in [0.05, 0.1) is 6.54 Å². The standard InChI is InChI=1S/C3H4N2.Ru/c1-2-5-3-4-1;/h1,3H,2H2;. The fraction of sp³-hybridized carbons (Fsp3) is 0.333. The first kappa shape index (κ1) is 5.96. The monoisotopic (exact) mass is 170 g/mol. The van der Waals surface area contributed by atoms with E-state index in [1.54, 1.807) is 12.6 Å². The summed E-state index contributed by atoms with van der Waals surface area (Å²) in [4.78, 5) is 7.40. The average molecular weight is 169 g/mol. The predicted octanol–water partition coefficient (Wildman–Crippen LogP) is 0.0966. The molecule has 2 nitrogen and oxygen atoms in total. The summed E-state index contributed by atoms with van der Waals surface area (Å²) in [5.41, 5.74) is 0. The summed E-state index contributed by atoms with van der Waals surface area (Å²) in [7, 11) is 0. The van der Waals surface area contributed by atoms with E-state index in [4.69, 9.17) is 0 Å². The summed E-state index contributed by atoms with van der Waals surface area (Å²) < 4.78 is 0. The van der Waals surface area contributed by atoms with Gasteiger partial charge in [-0.15, -0.1) is 0 Å². The van der Waals surface area contributed by atoms with Crippen LogP contribution in [-0.4, -0.2) is 19.1 Å². The molecule has 0 aromatic heterocycles. The molecular weight excluding hydrogens is 165 g/mol. The minimum atomic E-state index is 0. The van der Waals surface area contributed by atoms with Gasteiger partial charge in [0.25, 0.3) is 0 Å². The zero-order valence-electron chi connectivity index (χ0n) is 3.11. The van der Waals surface area contributed by atoms with E-state index in [0.717, 1.165) is 6.54 Å². The summed E-state index contributed by atoms with van der Waals surface area (Å²) >= 11 is 0. The first-order valence-electron chi connectivity index (χ1n) is 1.50. The third-order valence-electron chi connectivity index (χ3n) is 0.441. The second-order valence-corrected chi connectivity index (χ2v) is 0.812. The van der Waals surface area contributed by atoms with Gasteiger partial charge in [0.2, 0.25) is 0 Å². The summed E-state index contributed by atoms with van der Waals surface area (Å²) in [5.74, 6) is 0. The average Bonchev–Trinajstić information content (AvgIpc) is 1.76. The van der Waals surface area contributed by atoms with Crippen LogP contribution in [0.5, 0.6) is 0 Å². The molecule has 0 saturated heterocycles. The molecule has 0 bridgehead atoms. The van der Waals surface area contributed by atoms with Gasteiger partial charge in [-0.1, -0.05) is 0 Å². The summed E-state index contributed by atoms with van der Waals surface area (Å²) in [5, 5.41) is 0. The van der Waals surface area contributed by atoms with Crippen molar-refractivity contribution in [2.24, 2.45) is 9.98 Å². The summed E-state index contributed by atoms with van der Waals surface area (Å²) in [6.07, 6.45) is 3.32. The SMILES string of the molecule is C1=NC=NC1.[Ru]. The Labute approximate surface area is 49.1 Å². The van der Waals surface area contributed by atoms with Gasteiger partial charge in [-0.3, -0.25) is 4.99 Å². The van der Waals surface area contributed by atoms with Crippen LogP contribution >= 0.6 is 0 Å². The molecule has 0 aliphatic carbocycles. The molecule has 0 fully saturated rings. The van der Waals surface area contributed by atoms with Crippen molar-refractivity contribution in [2.75, 3.05) is 6.54 Å². The van der Waals surface area contributed by atoms with Gasteiger partial charge >= 0.3 is 0 Å². The zero-order chi connectivity index (χ0) is 3.54. The Kier molecular flexibility index (Phi) is 3.15. The minimum absolute atomic E-state index is 0. The first-order chi connectivity index (χ1) is 2.50. The molecule has 0 unspecified atom stereocenters. The van der Waals surface area contributed by atoms with Gasteiger partial charge < -0.3 is 0 Å². The summed E-state index contributed by atoms with van der Waals surface area (Å²) in [6.45, 7) is 0.778. The third kappa shape index (κ3) is 1.41. The molecule has 1 aliphatic heterocycles. The van der Waals surface area contributed by atoms with Crippen molar-refractivity contribution < 1.29 is 19.5 Å². The molecule has 0 saturated carbocycles. The minimum Gasteiger partial charge on any atom is -0.268 e. The molecule has 1 heterocycles. The Hall–Kier alpha value is -0.0366. The Bertz CT molecular complexity index is 66.9. The molecule has 34 valence electrons. The van der Waals surface area contributed by atoms with Crippen LogP contribution in [0, 0.1) is 0 Å². The molecule has 6 heavy (non-hydrogen) atoms. The quantitative estimate of drug-likeness (QED) is 0.459. The van der Waals surface area contributed by atoms with Crippen LogP contribution in [0.2, 0.25) is 0 Å². The molecule has 0 atom stereocenters. The Morgan fingerprint density at radius 2 is 2.33 bits per heavy atom. The Balaban J connectivity index is 0.000000250. The molecule has 1 rings (SSSR count). The molecular formula is C3H4N2Ru. The molecule has 0 aromatic carbocycles. The van der Waals surface area contributed by atoms with Crippen molar-refractivity contribution in [3.8, 4) is 0 Å². The zero-order valence-corrected chi connectivity index (χ0v) is 4.85. The molecule has 0 amide bonds. The molecule has 0 radical (unpaired) electrons. The van der Waals surface area contributed by atoms with Crippen LogP contribution in [0.3, 0.4) is 0 Å². The number of rotatable bonds is 0. The van der Waals surface area contributed by atoms with Crippen molar-refractivity contribution >= 4 is 12.6 Å². The fourth-order valence-electron chi connectivity index (χ4n) is 0.236. The topological polar surface area (TPSA) is 24.7 Å². The second-order valence-electron chi connectivity index (χ2n) is 0.812. The van der Waals surface area contributed by atoms with Crippen LogP contribution in [0.15, 0.2) is 9.98 Å². The smallest absolute Gasteiger partial charge is 0.109 e. The van der Waals surface area contributed by atoms with E-state index in [2.05, 4.69) is 9.98 Å². The maximum Gasteiger partial charge on any atom is 0.109 e. The van der Waals surface area contributed by atoms with Crippen LogP contribution in [0.25, 0.3) is 0 Å². The Morgan fingerprint density at radius 1 is 1.50 bits per heavy atom. The van der Waals surface area contributed by atoms with Crippen molar-refractivity contribution in [1.82, 2.24) is 0 Å². The number of nitrogens with zero attached hydrogens (tertiary/aromatic N) is 2. The van der Waals surface area contributed by atoms with E-state index >= 15 is 0 Å². The predicted molar refractivity (Wildman–Crippen MR) is 21.9 cm³/mol. The number of aliphatic imine (C=N–C) groups is 2. The summed E-state index contributed by atoms with van der Waals surface area (Å²) in [6, 6.07) is 0. The molecule has 1 aliphatic rings. The number of hydrogen-bond donors (Lipinski definition) is 0. The normalized spacial score (nSPS) is 14.7. The van der Waals surface area contributed by atoms with E-state index in [9.17, 15) is 0 Å². The van der Waals surface area contributed by atoms with Crippen molar-refractivity contribution in [2.45, 2.75) is 0 Å². The van der Waals surface area contributed by atoms with Gasteiger partial charge in [0.15, 0.2) is 0 Å². The van der Waals surface area contributed by atoms with Crippen molar-refractivity contribution in [1.29, 1.82) is 0 Å².